The van der Waals surface area contributed by atoms with E-state index in [4.69, 9.17) is 0 Å². The number of nitrogens with zero attached hydrogens (tertiary/aromatic N) is 1. The average molecular weight is 259 g/mol. The summed E-state index contributed by atoms with van der Waals surface area (Å²) in [6, 6.07) is -1.06. The van der Waals surface area contributed by atoms with Gasteiger partial charge in [0, 0.05) is 6.54 Å². The van der Waals surface area contributed by atoms with E-state index in [2.05, 4.69) is 14.2 Å². The lowest BCUT2D eigenvalue weighted by Crippen LogP contribution is -2.52. The highest BCUT2D eigenvalue weighted by molar-refractivity contribution is 5.94. The Bertz CT molecular complexity index is 378. The van der Waals surface area contributed by atoms with Crippen LogP contribution in [0.3, 0.4) is 0 Å². The van der Waals surface area contributed by atoms with Crippen molar-refractivity contribution in [1.29, 1.82) is 0 Å². The minimum Gasteiger partial charge on any atom is -0.469 e. The summed E-state index contributed by atoms with van der Waals surface area (Å²) in [5.74, 6) is -2.07. The van der Waals surface area contributed by atoms with Crippen LogP contribution in [0.5, 0.6) is 0 Å². The number of hydrogen-bond acceptors (Lipinski definition) is 7. The monoisotopic (exact) mass is 259 g/mol. The van der Waals surface area contributed by atoms with Crippen LogP contribution in [-0.2, 0) is 28.6 Å². The van der Waals surface area contributed by atoms with Crippen molar-refractivity contribution in [2.24, 2.45) is 0 Å². The first-order valence-corrected chi connectivity index (χ1v) is 5.15. The van der Waals surface area contributed by atoms with Crippen LogP contribution >= 0.6 is 0 Å². The molecule has 18 heavy (non-hydrogen) atoms. The van der Waals surface area contributed by atoms with Gasteiger partial charge < -0.3 is 14.2 Å². The fraction of sp³-hybridized carbons (Fsp3) is 0.600. The van der Waals surface area contributed by atoms with Crippen LogP contribution in [0.4, 0.5) is 4.79 Å². The van der Waals surface area contributed by atoms with Crippen LogP contribution in [0.2, 0.25) is 0 Å². The first-order chi connectivity index (χ1) is 8.49. The molecule has 8 nitrogen and oxygen atoms in total. The molecule has 1 rings (SSSR count). The van der Waals surface area contributed by atoms with Gasteiger partial charge in [-0.1, -0.05) is 0 Å². The lowest BCUT2D eigenvalue weighted by molar-refractivity contribution is -0.157. The second-order valence-electron chi connectivity index (χ2n) is 3.50. The molecule has 0 N–H and O–H groups in total. The molecule has 0 bridgehead atoms. The largest absolute Gasteiger partial charge is 0.469 e. The van der Waals surface area contributed by atoms with Gasteiger partial charge in [-0.3, -0.25) is 14.5 Å². The highest BCUT2D eigenvalue weighted by atomic mass is 16.6. The van der Waals surface area contributed by atoms with Gasteiger partial charge in [0.1, 0.15) is 6.04 Å². The summed E-state index contributed by atoms with van der Waals surface area (Å²) in [7, 11) is 2.35. The van der Waals surface area contributed by atoms with E-state index < -0.39 is 30.0 Å². The quantitative estimate of drug-likeness (QED) is 0.379. The number of methoxy groups -OCH3 is 2. The van der Waals surface area contributed by atoms with E-state index in [1.807, 2.05) is 0 Å². The summed E-state index contributed by atoms with van der Waals surface area (Å²) < 4.78 is 13.3. The summed E-state index contributed by atoms with van der Waals surface area (Å²) in [6.07, 6.45) is -1.36. The maximum absolute atomic E-state index is 11.5. The predicted octanol–water partition coefficient (Wildman–Crippen LogP) is -0.540. The van der Waals surface area contributed by atoms with Crippen molar-refractivity contribution in [2.45, 2.75) is 18.9 Å². The molecule has 1 atom stereocenters. The number of hydrogen-bond donors (Lipinski definition) is 0. The first-order valence-electron chi connectivity index (χ1n) is 5.15. The average Bonchev–Trinajstić information content (AvgIpc) is 2.35. The molecule has 1 fully saturated rings. The molecule has 0 radical (unpaired) electrons. The number of carbonyl (C=O) groups is 4. The van der Waals surface area contributed by atoms with Crippen LogP contribution in [0, 0.1) is 0 Å². The smallest absolute Gasteiger partial charge is 0.418 e. The minimum atomic E-state index is -1.06. The van der Waals surface area contributed by atoms with Crippen molar-refractivity contribution < 1.29 is 33.4 Å². The molecule has 1 aliphatic rings. The molecule has 1 aliphatic heterocycles. The van der Waals surface area contributed by atoms with Gasteiger partial charge in [-0.25, -0.2) is 9.59 Å². The number of esters is 3. The Morgan fingerprint density at radius 2 is 2.00 bits per heavy atom. The van der Waals surface area contributed by atoms with Gasteiger partial charge in [-0.05, 0) is 0 Å². The van der Waals surface area contributed by atoms with Crippen molar-refractivity contribution >= 4 is 24.0 Å². The molecule has 8 heteroatoms. The fourth-order valence-electron chi connectivity index (χ4n) is 1.50. The Morgan fingerprint density at radius 3 is 2.56 bits per heavy atom. The number of cyclic esters (lactones) is 2. The molecule has 0 spiro atoms. The predicted molar refractivity (Wildman–Crippen MR) is 55.2 cm³/mol. The molecule has 100 valence electrons. The molecule has 0 aromatic heterocycles. The van der Waals surface area contributed by atoms with Crippen LogP contribution in [0.1, 0.15) is 12.8 Å². The van der Waals surface area contributed by atoms with Crippen molar-refractivity contribution in [1.82, 2.24) is 4.90 Å². The molecule has 0 aliphatic carbocycles. The van der Waals surface area contributed by atoms with E-state index in [9.17, 15) is 19.2 Å². The van der Waals surface area contributed by atoms with E-state index in [1.165, 1.54) is 7.11 Å². The summed E-state index contributed by atoms with van der Waals surface area (Å²) in [6.45, 7) is -0.0848. The van der Waals surface area contributed by atoms with Gasteiger partial charge in [0.2, 0.25) is 0 Å². The highest BCUT2D eigenvalue weighted by Crippen LogP contribution is 2.16. The first kappa shape index (κ1) is 13.9. The van der Waals surface area contributed by atoms with Crippen molar-refractivity contribution in [3.05, 3.63) is 0 Å². The Kier molecular flexibility index (Phi) is 4.64. The number of carbonyl (C=O) groups excluding carboxylic acids is 4. The third-order valence-corrected chi connectivity index (χ3v) is 2.43. The minimum absolute atomic E-state index is 0.0848. The van der Waals surface area contributed by atoms with E-state index >= 15 is 0 Å². The van der Waals surface area contributed by atoms with Gasteiger partial charge in [-0.2, -0.15) is 0 Å². The van der Waals surface area contributed by atoms with Crippen molar-refractivity contribution in [2.75, 3.05) is 20.8 Å². The maximum Gasteiger partial charge on any atom is 0.418 e. The lowest BCUT2D eigenvalue weighted by Gasteiger charge is -2.31. The summed E-state index contributed by atoms with van der Waals surface area (Å²) >= 11 is 0. The SMILES string of the molecule is COC(=O)CCN1C(=O)OC(=O)C[C@H]1C(=O)OC. The molecule has 0 unspecified atom stereocenters. The van der Waals surface area contributed by atoms with Gasteiger partial charge >= 0.3 is 24.0 Å². The Labute approximate surface area is 103 Å². The van der Waals surface area contributed by atoms with Crippen molar-refractivity contribution in [3.8, 4) is 0 Å². The third-order valence-electron chi connectivity index (χ3n) is 2.43. The van der Waals surface area contributed by atoms with E-state index in [-0.39, 0.29) is 19.4 Å². The van der Waals surface area contributed by atoms with Crippen LogP contribution in [0.15, 0.2) is 0 Å². The molecule has 1 amide bonds. The van der Waals surface area contributed by atoms with Crippen LogP contribution in [0.25, 0.3) is 0 Å². The van der Waals surface area contributed by atoms with E-state index in [1.54, 1.807) is 0 Å². The zero-order valence-electron chi connectivity index (χ0n) is 10.0. The molecule has 0 aromatic carbocycles. The van der Waals surface area contributed by atoms with Crippen LogP contribution < -0.4 is 0 Å². The topological polar surface area (TPSA) is 99.2 Å². The van der Waals surface area contributed by atoms with Gasteiger partial charge in [0.15, 0.2) is 0 Å². The Morgan fingerprint density at radius 1 is 1.33 bits per heavy atom. The number of amides is 1. The standard InChI is InChI=1S/C10H13NO7/c1-16-7(12)3-4-11-6(9(14)17-2)5-8(13)18-10(11)15/h6H,3-5H2,1-2H3/t6-/m0/s1. The van der Waals surface area contributed by atoms with E-state index in [0.29, 0.717) is 0 Å². The maximum atomic E-state index is 11.5. The van der Waals surface area contributed by atoms with E-state index in [0.717, 1.165) is 12.0 Å². The fourth-order valence-corrected chi connectivity index (χ4v) is 1.50. The molecule has 1 heterocycles. The van der Waals surface area contributed by atoms with Crippen LogP contribution in [-0.4, -0.2) is 55.7 Å². The molecule has 1 saturated heterocycles. The summed E-state index contributed by atoms with van der Waals surface area (Å²) in [4.78, 5) is 45.9. The number of ether oxygens (including phenoxy) is 3. The van der Waals surface area contributed by atoms with Crippen molar-refractivity contribution in [3.63, 3.8) is 0 Å². The van der Waals surface area contributed by atoms with Gasteiger partial charge in [0.05, 0.1) is 27.1 Å². The molecular weight excluding hydrogens is 246 g/mol. The zero-order valence-corrected chi connectivity index (χ0v) is 10.0. The second-order valence-corrected chi connectivity index (χ2v) is 3.50. The second kappa shape index (κ2) is 5.99. The summed E-state index contributed by atoms with van der Waals surface area (Å²) in [5.41, 5.74) is 0. The van der Waals surface area contributed by atoms with Gasteiger partial charge in [-0.15, -0.1) is 0 Å². The molecule has 0 saturated carbocycles. The molecule has 0 aromatic rings. The lowest BCUT2D eigenvalue weighted by atomic mass is 10.1. The highest BCUT2D eigenvalue weighted by Gasteiger charge is 2.39. The molecular formula is C10H13NO7. The Balaban J connectivity index is 2.75. The van der Waals surface area contributed by atoms with Gasteiger partial charge in [0.25, 0.3) is 0 Å². The third kappa shape index (κ3) is 3.19. The zero-order chi connectivity index (χ0) is 13.7. The Hall–Kier alpha value is -2.12. The summed E-state index contributed by atoms with van der Waals surface area (Å²) in [5, 5.41) is 0. The number of rotatable bonds is 4. The normalized spacial score (nSPS) is 19.2.